The van der Waals surface area contributed by atoms with Gasteiger partial charge in [-0.15, -0.1) is 0 Å². The summed E-state index contributed by atoms with van der Waals surface area (Å²) >= 11 is 0. The Balaban J connectivity index is 2.50. The highest BCUT2D eigenvalue weighted by Gasteiger charge is 2.25. The highest BCUT2D eigenvalue weighted by Crippen LogP contribution is 2.30. The Kier molecular flexibility index (Phi) is 2.54. The summed E-state index contributed by atoms with van der Waals surface area (Å²) in [6, 6.07) is 2.07. The molecule has 0 saturated carbocycles. The fraction of sp³-hybridized carbons (Fsp3) is 0.273. The minimum atomic E-state index is -0.960. The van der Waals surface area contributed by atoms with Crippen molar-refractivity contribution in [3.8, 4) is 0 Å². The van der Waals surface area contributed by atoms with E-state index in [4.69, 9.17) is 4.74 Å². The number of hydrogen-bond acceptors (Lipinski definition) is 2. The van der Waals surface area contributed by atoms with Crippen molar-refractivity contribution in [2.75, 3.05) is 7.11 Å². The van der Waals surface area contributed by atoms with Gasteiger partial charge < -0.3 is 9.84 Å². The molecule has 0 saturated heterocycles. The minimum absolute atomic E-state index is 0.350. The third-order valence-electron chi connectivity index (χ3n) is 2.49. The smallest absolute Gasteiger partial charge is 0.159 e. The molecule has 0 amide bonds. The molecular formula is C11H10F2O2. The lowest BCUT2D eigenvalue weighted by Crippen LogP contribution is -2.22. The Morgan fingerprint density at radius 2 is 1.93 bits per heavy atom. The van der Waals surface area contributed by atoms with E-state index in [1.165, 1.54) is 7.11 Å². The Morgan fingerprint density at radius 1 is 1.27 bits per heavy atom. The molecule has 0 unspecified atom stereocenters. The fourth-order valence-electron chi connectivity index (χ4n) is 1.67. The summed E-state index contributed by atoms with van der Waals surface area (Å²) in [5.41, 5.74) is 0.831. The molecule has 0 heterocycles. The standard InChI is InChI=1S/C11H10F2O2/c1-15-10-3-2-6-4-8(12)9(13)5-7(6)11(10)14/h2-5,10-11,14H,1H3/t10-,11-/m1/s1. The molecule has 1 aliphatic rings. The SMILES string of the molecule is CO[C@@H]1C=Cc2cc(F)c(F)cc2[C@H]1O. The predicted octanol–water partition coefficient (Wildman–Crippen LogP) is 2.04. The second kappa shape index (κ2) is 3.72. The van der Waals surface area contributed by atoms with E-state index < -0.39 is 23.8 Å². The topological polar surface area (TPSA) is 29.5 Å². The third-order valence-corrected chi connectivity index (χ3v) is 2.49. The van der Waals surface area contributed by atoms with Crippen LogP contribution in [0.25, 0.3) is 6.08 Å². The van der Waals surface area contributed by atoms with Crippen LogP contribution in [0.5, 0.6) is 0 Å². The molecule has 1 aromatic rings. The molecule has 2 nitrogen and oxygen atoms in total. The first-order valence-electron chi connectivity index (χ1n) is 4.51. The van der Waals surface area contributed by atoms with Crippen molar-refractivity contribution in [3.05, 3.63) is 41.0 Å². The molecule has 1 N–H and O–H groups in total. The van der Waals surface area contributed by atoms with E-state index in [1.807, 2.05) is 0 Å². The van der Waals surface area contributed by atoms with E-state index in [-0.39, 0.29) is 0 Å². The van der Waals surface area contributed by atoms with Gasteiger partial charge in [-0.2, -0.15) is 0 Å². The van der Waals surface area contributed by atoms with E-state index in [0.29, 0.717) is 11.1 Å². The van der Waals surface area contributed by atoms with E-state index in [9.17, 15) is 13.9 Å². The molecule has 15 heavy (non-hydrogen) atoms. The van der Waals surface area contributed by atoms with Crippen LogP contribution in [-0.2, 0) is 4.74 Å². The first-order valence-corrected chi connectivity index (χ1v) is 4.51. The number of aliphatic hydroxyl groups excluding tert-OH is 1. The molecule has 0 fully saturated rings. The van der Waals surface area contributed by atoms with E-state index in [2.05, 4.69) is 0 Å². The maximum Gasteiger partial charge on any atom is 0.159 e. The number of benzene rings is 1. The van der Waals surface area contributed by atoms with Crippen molar-refractivity contribution in [3.63, 3.8) is 0 Å². The molecule has 1 aliphatic carbocycles. The van der Waals surface area contributed by atoms with Gasteiger partial charge in [0.05, 0.1) is 0 Å². The van der Waals surface area contributed by atoms with Gasteiger partial charge in [0.2, 0.25) is 0 Å². The van der Waals surface area contributed by atoms with Crippen LogP contribution in [0.15, 0.2) is 18.2 Å². The second-order valence-corrected chi connectivity index (χ2v) is 3.40. The summed E-state index contributed by atoms with van der Waals surface area (Å²) in [6.45, 7) is 0. The highest BCUT2D eigenvalue weighted by atomic mass is 19.2. The minimum Gasteiger partial charge on any atom is -0.385 e. The van der Waals surface area contributed by atoms with Gasteiger partial charge in [-0.25, -0.2) is 8.78 Å². The average Bonchev–Trinajstić information content (AvgIpc) is 2.22. The molecule has 0 radical (unpaired) electrons. The van der Waals surface area contributed by atoms with Crippen molar-refractivity contribution in [1.82, 2.24) is 0 Å². The van der Waals surface area contributed by atoms with E-state index in [0.717, 1.165) is 12.1 Å². The lowest BCUT2D eigenvalue weighted by molar-refractivity contribution is 0.0148. The summed E-state index contributed by atoms with van der Waals surface area (Å²) in [6.07, 6.45) is 1.76. The Hall–Kier alpha value is -1.26. The quantitative estimate of drug-likeness (QED) is 0.771. The van der Waals surface area contributed by atoms with Crippen LogP contribution in [0.1, 0.15) is 17.2 Å². The lowest BCUT2D eigenvalue weighted by Gasteiger charge is -2.24. The van der Waals surface area contributed by atoms with Gasteiger partial charge in [0, 0.05) is 7.11 Å². The summed E-state index contributed by atoms with van der Waals surface area (Å²) in [5.74, 6) is -1.88. The van der Waals surface area contributed by atoms with Crippen molar-refractivity contribution < 1.29 is 18.6 Å². The number of rotatable bonds is 1. The molecule has 0 aromatic heterocycles. The predicted molar refractivity (Wildman–Crippen MR) is 51.1 cm³/mol. The largest absolute Gasteiger partial charge is 0.385 e. The van der Waals surface area contributed by atoms with Gasteiger partial charge in [0.25, 0.3) is 0 Å². The van der Waals surface area contributed by atoms with Crippen LogP contribution >= 0.6 is 0 Å². The molecule has 0 spiro atoms. The normalized spacial score (nSPS) is 24.0. The Labute approximate surface area is 85.8 Å². The summed E-state index contributed by atoms with van der Waals surface area (Å²) in [4.78, 5) is 0. The molecule has 2 atom stereocenters. The van der Waals surface area contributed by atoms with Crippen LogP contribution in [0.3, 0.4) is 0 Å². The second-order valence-electron chi connectivity index (χ2n) is 3.40. The van der Waals surface area contributed by atoms with Gasteiger partial charge in [-0.1, -0.05) is 12.2 Å². The summed E-state index contributed by atoms with van der Waals surface area (Å²) < 4.78 is 30.8. The first-order chi connectivity index (χ1) is 7.13. The molecule has 80 valence electrons. The fourth-order valence-corrected chi connectivity index (χ4v) is 1.67. The summed E-state index contributed by atoms with van der Waals surface area (Å²) in [5, 5.41) is 9.77. The number of aliphatic hydroxyl groups is 1. The Bertz CT molecular complexity index is 415. The summed E-state index contributed by atoms with van der Waals surface area (Å²) in [7, 11) is 1.45. The monoisotopic (exact) mass is 212 g/mol. The molecule has 2 rings (SSSR count). The van der Waals surface area contributed by atoms with E-state index >= 15 is 0 Å². The maximum atomic E-state index is 13.0. The third kappa shape index (κ3) is 1.66. The number of fused-ring (bicyclic) bond motifs is 1. The zero-order valence-electron chi connectivity index (χ0n) is 8.08. The number of hydrogen-bond donors (Lipinski definition) is 1. The van der Waals surface area contributed by atoms with Crippen molar-refractivity contribution >= 4 is 6.08 Å². The zero-order chi connectivity index (χ0) is 11.0. The van der Waals surface area contributed by atoms with Gasteiger partial charge >= 0.3 is 0 Å². The maximum absolute atomic E-state index is 13.0. The molecule has 4 heteroatoms. The van der Waals surface area contributed by atoms with Crippen molar-refractivity contribution in [1.29, 1.82) is 0 Å². The highest BCUT2D eigenvalue weighted by molar-refractivity contribution is 5.58. The molecule has 0 bridgehead atoms. The Morgan fingerprint density at radius 3 is 2.60 bits per heavy atom. The zero-order valence-corrected chi connectivity index (χ0v) is 8.08. The van der Waals surface area contributed by atoms with Crippen LogP contribution in [0, 0.1) is 11.6 Å². The van der Waals surface area contributed by atoms with Gasteiger partial charge in [0.1, 0.15) is 12.2 Å². The number of ether oxygens (including phenoxy) is 1. The van der Waals surface area contributed by atoms with Gasteiger partial charge in [0.15, 0.2) is 11.6 Å². The van der Waals surface area contributed by atoms with Crippen molar-refractivity contribution in [2.45, 2.75) is 12.2 Å². The van der Waals surface area contributed by atoms with Gasteiger partial charge in [-0.05, 0) is 23.3 Å². The average molecular weight is 212 g/mol. The van der Waals surface area contributed by atoms with Gasteiger partial charge in [-0.3, -0.25) is 0 Å². The molecule has 0 aliphatic heterocycles. The van der Waals surface area contributed by atoms with Crippen molar-refractivity contribution in [2.24, 2.45) is 0 Å². The molecular weight excluding hydrogens is 202 g/mol. The number of methoxy groups -OCH3 is 1. The van der Waals surface area contributed by atoms with E-state index in [1.54, 1.807) is 12.2 Å². The first kappa shape index (κ1) is 10.3. The van der Waals surface area contributed by atoms with Crippen LogP contribution in [0.2, 0.25) is 0 Å². The van der Waals surface area contributed by atoms with Crippen LogP contribution in [-0.4, -0.2) is 18.3 Å². The van der Waals surface area contributed by atoms with Crippen LogP contribution < -0.4 is 0 Å². The lowest BCUT2D eigenvalue weighted by atomic mass is 9.92. The van der Waals surface area contributed by atoms with Crippen LogP contribution in [0.4, 0.5) is 8.78 Å². The molecule has 1 aromatic carbocycles. The number of halogens is 2.